The van der Waals surface area contributed by atoms with Gasteiger partial charge in [0, 0.05) is 25.8 Å². The molecule has 2 nitrogen and oxygen atoms in total. The van der Waals surface area contributed by atoms with Crippen molar-refractivity contribution >= 4 is 0 Å². The summed E-state index contributed by atoms with van der Waals surface area (Å²) >= 11 is 0. The van der Waals surface area contributed by atoms with Gasteiger partial charge in [-0.15, -0.1) is 0 Å². The van der Waals surface area contributed by atoms with E-state index in [0.29, 0.717) is 6.54 Å². The van der Waals surface area contributed by atoms with Gasteiger partial charge in [-0.25, -0.2) is 0 Å². The third kappa shape index (κ3) is 4.85. The predicted molar refractivity (Wildman–Crippen MR) is 50.3 cm³/mol. The van der Waals surface area contributed by atoms with Crippen molar-refractivity contribution < 1.29 is 0 Å². The molecule has 0 aromatic carbocycles. The van der Waals surface area contributed by atoms with Gasteiger partial charge in [0.1, 0.15) is 0 Å². The zero-order valence-electron chi connectivity index (χ0n) is 7.93. The third-order valence-corrected chi connectivity index (χ3v) is 1.82. The first-order chi connectivity index (χ1) is 5.07. The average molecular weight is 156 g/mol. The van der Waals surface area contributed by atoms with Gasteiger partial charge in [0.05, 0.1) is 0 Å². The molecule has 0 amide bonds. The van der Waals surface area contributed by atoms with Crippen LogP contribution in [0.1, 0.15) is 20.3 Å². The summed E-state index contributed by atoms with van der Waals surface area (Å²) in [5.74, 6) is 0.753. The molecule has 0 fully saturated rings. The number of rotatable bonds is 5. The fourth-order valence-electron chi connectivity index (χ4n) is 0.766. The minimum Gasteiger partial charge on any atom is -0.377 e. The van der Waals surface area contributed by atoms with Crippen LogP contribution in [0.2, 0.25) is 0 Å². The van der Waals surface area contributed by atoms with Crippen LogP contribution in [0, 0.1) is 5.92 Å². The van der Waals surface area contributed by atoms with E-state index in [4.69, 9.17) is 5.73 Å². The van der Waals surface area contributed by atoms with Crippen molar-refractivity contribution in [2.24, 2.45) is 11.7 Å². The van der Waals surface area contributed by atoms with Crippen LogP contribution in [0.5, 0.6) is 0 Å². The van der Waals surface area contributed by atoms with Gasteiger partial charge >= 0.3 is 0 Å². The van der Waals surface area contributed by atoms with Crippen LogP contribution in [0.3, 0.4) is 0 Å². The van der Waals surface area contributed by atoms with Crippen LogP contribution in [0.25, 0.3) is 0 Å². The van der Waals surface area contributed by atoms with Gasteiger partial charge in [-0.1, -0.05) is 20.4 Å². The maximum absolute atomic E-state index is 5.44. The lowest BCUT2D eigenvalue weighted by atomic mass is 10.1. The monoisotopic (exact) mass is 156 g/mol. The van der Waals surface area contributed by atoms with Gasteiger partial charge in [0.25, 0.3) is 0 Å². The standard InChI is InChI=1S/C9H20N2/c1-8(2)5-6-11(4)9(3)7-10/h8H,3,5-7,10H2,1-2,4H3. The number of likely N-dealkylation sites (N-methyl/N-ethyl adjacent to an activating group) is 1. The van der Waals surface area contributed by atoms with Crippen molar-refractivity contribution in [2.45, 2.75) is 20.3 Å². The normalized spacial score (nSPS) is 10.3. The topological polar surface area (TPSA) is 29.3 Å². The highest BCUT2D eigenvalue weighted by Crippen LogP contribution is 2.03. The maximum Gasteiger partial charge on any atom is 0.0324 e. The Labute approximate surface area is 70.1 Å². The average Bonchev–Trinajstić information content (AvgIpc) is 1.98. The summed E-state index contributed by atoms with van der Waals surface area (Å²) < 4.78 is 0. The van der Waals surface area contributed by atoms with Crippen LogP contribution in [-0.4, -0.2) is 25.0 Å². The molecular formula is C9H20N2. The van der Waals surface area contributed by atoms with E-state index >= 15 is 0 Å². The summed E-state index contributed by atoms with van der Waals surface area (Å²) in [4.78, 5) is 2.12. The molecule has 0 heterocycles. The Bertz CT molecular complexity index is 119. The Balaban J connectivity index is 3.52. The second-order valence-corrected chi connectivity index (χ2v) is 3.37. The first kappa shape index (κ1) is 10.5. The lowest BCUT2D eigenvalue weighted by molar-refractivity contribution is 0.374. The van der Waals surface area contributed by atoms with Crippen LogP contribution < -0.4 is 5.73 Å². The van der Waals surface area contributed by atoms with E-state index in [9.17, 15) is 0 Å². The molecule has 0 radical (unpaired) electrons. The summed E-state index contributed by atoms with van der Waals surface area (Å²) in [6.07, 6.45) is 1.20. The minimum absolute atomic E-state index is 0.564. The quantitative estimate of drug-likeness (QED) is 0.652. The van der Waals surface area contributed by atoms with Crippen LogP contribution >= 0.6 is 0 Å². The zero-order chi connectivity index (χ0) is 8.85. The van der Waals surface area contributed by atoms with Crippen molar-refractivity contribution in [2.75, 3.05) is 20.1 Å². The summed E-state index contributed by atoms with van der Waals surface area (Å²) in [6.45, 7) is 9.92. The molecule has 0 saturated heterocycles. The van der Waals surface area contributed by atoms with Crippen molar-refractivity contribution in [3.8, 4) is 0 Å². The molecule has 0 spiro atoms. The van der Waals surface area contributed by atoms with Gasteiger partial charge in [-0.2, -0.15) is 0 Å². The fourth-order valence-corrected chi connectivity index (χ4v) is 0.766. The Morgan fingerprint density at radius 1 is 1.55 bits per heavy atom. The molecule has 2 heteroatoms. The SMILES string of the molecule is C=C(CN)N(C)CCC(C)C. The van der Waals surface area contributed by atoms with Gasteiger partial charge in [-0.05, 0) is 12.3 Å². The Morgan fingerprint density at radius 3 is 2.45 bits per heavy atom. The highest BCUT2D eigenvalue weighted by atomic mass is 15.1. The van der Waals surface area contributed by atoms with Gasteiger partial charge in [-0.3, -0.25) is 0 Å². The molecule has 0 saturated carbocycles. The fraction of sp³-hybridized carbons (Fsp3) is 0.778. The van der Waals surface area contributed by atoms with Crippen LogP contribution in [-0.2, 0) is 0 Å². The molecule has 0 aliphatic rings. The van der Waals surface area contributed by atoms with Gasteiger partial charge in [0.15, 0.2) is 0 Å². The number of hydrogen-bond donors (Lipinski definition) is 1. The predicted octanol–water partition coefficient (Wildman–Crippen LogP) is 1.44. The Morgan fingerprint density at radius 2 is 2.09 bits per heavy atom. The molecular weight excluding hydrogens is 136 g/mol. The molecule has 66 valence electrons. The van der Waals surface area contributed by atoms with Crippen molar-refractivity contribution in [3.05, 3.63) is 12.3 Å². The molecule has 0 aromatic rings. The highest BCUT2D eigenvalue weighted by molar-refractivity contribution is 4.93. The summed E-state index contributed by atoms with van der Waals surface area (Å²) in [6, 6.07) is 0. The van der Waals surface area contributed by atoms with Crippen LogP contribution in [0.4, 0.5) is 0 Å². The highest BCUT2D eigenvalue weighted by Gasteiger charge is 2.00. The third-order valence-electron chi connectivity index (χ3n) is 1.82. The number of nitrogens with zero attached hydrogens (tertiary/aromatic N) is 1. The van der Waals surface area contributed by atoms with Crippen molar-refractivity contribution in [3.63, 3.8) is 0 Å². The molecule has 2 N–H and O–H groups in total. The first-order valence-corrected chi connectivity index (χ1v) is 4.17. The second kappa shape index (κ2) is 5.19. The molecule has 0 rings (SSSR count). The van der Waals surface area contributed by atoms with E-state index < -0.39 is 0 Å². The van der Waals surface area contributed by atoms with E-state index in [-0.39, 0.29) is 0 Å². The van der Waals surface area contributed by atoms with Gasteiger partial charge < -0.3 is 10.6 Å². The Kier molecular flexibility index (Phi) is 4.95. The second-order valence-electron chi connectivity index (χ2n) is 3.37. The summed E-state index contributed by atoms with van der Waals surface area (Å²) in [5, 5.41) is 0. The number of nitrogens with two attached hydrogens (primary N) is 1. The summed E-state index contributed by atoms with van der Waals surface area (Å²) in [7, 11) is 2.04. The van der Waals surface area contributed by atoms with E-state index in [0.717, 1.165) is 18.2 Å². The molecule has 0 aromatic heterocycles. The zero-order valence-corrected chi connectivity index (χ0v) is 7.93. The summed E-state index contributed by atoms with van der Waals surface area (Å²) in [5.41, 5.74) is 6.46. The van der Waals surface area contributed by atoms with E-state index in [1.54, 1.807) is 0 Å². The van der Waals surface area contributed by atoms with Gasteiger partial charge in [0.2, 0.25) is 0 Å². The first-order valence-electron chi connectivity index (χ1n) is 4.17. The van der Waals surface area contributed by atoms with Crippen molar-refractivity contribution in [1.82, 2.24) is 4.90 Å². The molecule has 0 aliphatic heterocycles. The molecule has 0 unspecified atom stereocenters. The van der Waals surface area contributed by atoms with E-state index in [1.807, 2.05) is 7.05 Å². The number of hydrogen-bond acceptors (Lipinski definition) is 2. The Hall–Kier alpha value is -0.500. The van der Waals surface area contributed by atoms with E-state index in [1.165, 1.54) is 6.42 Å². The lowest BCUT2D eigenvalue weighted by Crippen LogP contribution is -2.24. The van der Waals surface area contributed by atoms with Crippen LogP contribution in [0.15, 0.2) is 12.3 Å². The minimum atomic E-state index is 0.564. The smallest absolute Gasteiger partial charge is 0.0324 e. The largest absolute Gasteiger partial charge is 0.377 e. The molecule has 0 aliphatic carbocycles. The molecule has 11 heavy (non-hydrogen) atoms. The van der Waals surface area contributed by atoms with E-state index in [2.05, 4.69) is 25.3 Å². The molecule has 0 atom stereocenters. The lowest BCUT2D eigenvalue weighted by Gasteiger charge is -2.21. The molecule has 0 bridgehead atoms. The van der Waals surface area contributed by atoms with Crippen molar-refractivity contribution in [1.29, 1.82) is 0 Å². The maximum atomic E-state index is 5.44.